The average Bonchev–Trinajstić information content (AvgIpc) is 2.61. The second kappa shape index (κ2) is 6.53. The SMILES string of the molecule is CC(C)c1nn(C)cc1CNC1CCCCCC1O. The van der Waals surface area contributed by atoms with Gasteiger partial charge in [0.25, 0.3) is 0 Å². The van der Waals surface area contributed by atoms with Gasteiger partial charge >= 0.3 is 0 Å². The number of aliphatic hydroxyl groups excluding tert-OH is 1. The number of aliphatic hydroxyl groups is 1. The minimum Gasteiger partial charge on any atom is -0.392 e. The van der Waals surface area contributed by atoms with Crippen LogP contribution in [0.25, 0.3) is 0 Å². The minimum absolute atomic E-state index is 0.193. The number of aryl methyl sites for hydroxylation is 1. The number of nitrogens with zero attached hydrogens (tertiary/aromatic N) is 2. The summed E-state index contributed by atoms with van der Waals surface area (Å²) in [7, 11) is 1.97. The summed E-state index contributed by atoms with van der Waals surface area (Å²) < 4.78 is 1.88. The zero-order chi connectivity index (χ0) is 13.8. The summed E-state index contributed by atoms with van der Waals surface area (Å²) in [6, 6.07) is 0.239. The average molecular weight is 265 g/mol. The van der Waals surface area contributed by atoms with E-state index < -0.39 is 0 Å². The van der Waals surface area contributed by atoms with Gasteiger partial charge in [-0.15, -0.1) is 0 Å². The molecule has 1 aromatic rings. The van der Waals surface area contributed by atoms with Crippen LogP contribution in [-0.4, -0.2) is 27.0 Å². The van der Waals surface area contributed by atoms with Gasteiger partial charge in [0.15, 0.2) is 0 Å². The molecule has 0 bridgehead atoms. The van der Waals surface area contributed by atoms with Crippen LogP contribution in [0.1, 0.15) is 63.1 Å². The molecule has 2 N–H and O–H groups in total. The molecule has 2 rings (SSSR count). The van der Waals surface area contributed by atoms with Gasteiger partial charge in [-0.05, 0) is 18.8 Å². The Morgan fingerprint density at radius 2 is 2.11 bits per heavy atom. The Kier molecular flexibility index (Phi) is 4.99. The number of rotatable bonds is 4. The van der Waals surface area contributed by atoms with E-state index in [1.807, 2.05) is 11.7 Å². The molecule has 4 nitrogen and oxygen atoms in total. The van der Waals surface area contributed by atoms with Crippen molar-refractivity contribution in [1.82, 2.24) is 15.1 Å². The van der Waals surface area contributed by atoms with Crippen molar-refractivity contribution in [2.45, 2.75) is 70.6 Å². The van der Waals surface area contributed by atoms with E-state index in [2.05, 4.69) is 30.5 Å². The molecule has 0 spiro atoms. The quantitative estimate of drug-likeness (QED) is 0.822. The van der Waals surface area contributed by atoms with E-state index in [0.717, 1.165) is 31.5 Å². The highest BCUT2D eigenvalue weighted by Gasteiger charge is 2.21. The summed E-state index contributed by atoms with van der Waals surface area (Å²) in [6.45, 7) is 5.15. The zero-order valence-electron chi connectivity index (χ0n) is 12.4. The Bertz CT molecular complexity index is 400. The fraction of sp³-hybridized carbons (Fsp3) is 0.800. The van der Waals surface area contributed by atoms with Crippen molar-refractivity contribution in [3.8, 4) is 0 Å². The first kappa shape index (κ1) is 14.5. The highest BCUT2D eigenvalue weighted by Crippen LogP contribution is 2.20. The summed E-state index contributed by atoms with van der Waals surface area (Å²) in [5, 5.41) is 18.2. The van der Waals surface area contributed by atoms with E-state index in [1.54, 1.807) is 0 Å². The Balaban J connectivity index is 1.97. The lowest BCUT2D eigenvalue weighted by Gasteiger charge is -2.22. The standard InChI is InChI=1S/C15H27N3O/c1-11(2)15-12(10-18(3)17-15)9-16-13-7-5-4-6-8-14(13)19/h10-11,13-14,16,19H,4-9H2,1-3H3. The predicted molar refractivity (Wildman–Crippen MR) is 77.0 cm³/mol. The van der Waals surface area contributed by atoms with Crippen molar-refractivity contribution in [2.24, 2.45) is 7.05 Å². The molecule has 1 aliphatic carbocycles. The number of hydrogen-bond acceptors (Lipinski definition) is 3. The van der Waals surface area contributed by atoms with Crippen LogP contribution in [0.2, 0.25) is 0 Å². The van der Waals surface area contributed by atoms with Gasteiger partial charge in [0.05, 0.1) is 11.8 Å². The molecule has 0 aromatic carbocycles. The van der Waals surface area contributed by atoms with Crippen LogP contribution < -0.4 is 5.32 Å². The van der Waals surface area contributed by atoms with E-state index in [9.17, 15) is 5.11 Å². The third kappa shape index (κ3) is 3.80. The van der Waals surface area contributed by atoms with Crippen LogP contribution in [0.15, 0.2) is 6.20 Å². The summed E-state index contributed by atoms with van der Waals surface area (Å²) in [4.78, 5) is 0. The fourth-order valence-corrected chi connectivity index (χ4v) is 2.94. The summed E-state index contributed by atoms with van der Waals surface area (Å²) in [5.74, 6) is 0.442. The molecule has 1 heterocycles. The maximum atomic E-state index is 10.1. The first-order chi connectivity index (χ1) is 9.08. The Morgan fingerprint density at radius 3 is 2.84 bits per heavy atom. The van der Waals surface area contributed by atoms with Crippen molar-refractivity contribution in [3.63, 3.8) is 0 Å². The van der Waals surface area contributed by atoms with Gasteiger partial charge in [-0.2, -0.15) is 5.10 Å². The van der Waals surface area contributed by atoms with E-state index in [4.69, 9.17) is 0 Å². The molecule has 2 atom stereocenters. The van der Waals surface area contributed by atoms with Gasteiger partial charge in [-0.3, -0.25) is 4.68 Å². The van der Waals surface area contributed by atoms with Crippen molar-refractivity contribution in [1.29, 1.82) is 0 Å². The molecule has 19 heavy (non-hydrogen) atoms. The molecular weight excluding hydrogens is 238 g/mol. The largest absolute Gasteiger partial charge is 0.392 e. The second-order valence-electron chi connectivity index (χ2n) is 6.06. The second-order valence-corrected chi connectivity index (χ2v) is 6.06. The molecule has 1 fully saturated rings. The van der Waals surface area contributed by atoms with Gasteiger partial charge in [-0.25, -0.2) is 0 Å². The predicted octanol–water partition coefficient (Wildman–Crippen LogP) is 2.33. The molecule has 0 saturated heterocycles. The van der Waals surface area contributed by atoms with E-state index in [0.29, 0.717) is 5.92 Å². The fourth-order valence-electron chi connectivity index (χ4n) is 2.94. The highest BCUT2D eigenvalue weighted by atomic mass is 16.3. The lowest BCUT2D eigenvalue weighted by atomic mass is 10.0. The van der Waals surface area contributed by atoms with Gasteiger partial charge < -0.3 is 10.4 Å². The monoisotopic (exact) mass is 265 g/mol. The van der Waals surface area contributed by atoms with Gasteiger partial charge in [-0.1, -0.05) is 33.1 Å². The topological polar surface area (TPSA) is 50.1 Å². The Labute approximate surface area is 116 Å². The van der Waals surface area contributed by atoms with Crippen LogP contribution in [0.5, 0.6) is 0 Å². The smallest absolute Gasteiger partial charge is 0.0694 e. The lowest BCUT2D eigenvalue weighted by Crippen LogP contribution is -2.38. The maximum Gasteiger partial charge on any atom is 0.0694 e. The molecule has 0 amide bonds. The Hall–Kier alpha value is -0.870. The first-order valence-corrected chi connectivity index (χ1v) is 7.51. The lowest BCUT2D eigenvalue weighted by molar-refractivity contribution is 0.119. The van der Waals surface area contributed by atoms with Crippen LogP contribution in [-0.2, 0) is 13.6 Å². The molecule has 1 saturated carbocycles. The van der Waals surface area contributed by atoms with Crippen LogP contribution in [0, 0.1) is 0 Å². The van der Waals surface area contributed by atoms with E-state index >= 15 is 0 Å². The number of nitrogens with one attached hydrogen (secondary N) is 1. The number of aromatic nitrogens is 2. The zero-order valence-corrected chi connectivity index (χ0v) is 12.4. The number of hydrogen-bond donors (Lipinski definition) is 2. The molecule has 1 aromatic heterocycles. The van der Waals surface area contributed by atoms with Crippen LogP contribution >= 0.6 is 0 Å². The van der Waals surface area contributed by atoms with E-state index in [1.165, 1.54) is 18.4 Å². The molecule has 0 radical (unpaired) electrons. The Morgan fingerprint density at radius 1 is 1.37 bits per heavy atom. The first-order valence-electron chi connectivity index (χ1n) is 7.51. The van der Waals surface area contributed by atoms with Crippen LogP contribution in [0.4, 0.5) is 0 Å². The van der Waals surface area contributed by atoms with Crippen molar-refractivity contribution in [3.05, 3.63) is 17.5 Å². The van der Waals surface area contributed by atoms with Gasteiger partial charge in [0, 0.05) is 31.4 Å². The molecule has 2 unspecified atom stereocenters. The van der Waals surface area contributed by atoms with Crippen LogP contribution in [0.3, 0.4) is 0 Å². The summed E-state index contributed by atoms with van der Waals surface area (Å²) >= 11 is 0. The van der Waals surface area contributed by atoms with Crippen molar-refractivity contribution < 1.29 is 5.11 Å². The molecule has 4 heteroatoms. The third-order valence-corrected chi connectivity index (χ3v) is 4.02. The molecule has 0 aliphatic heterocycles. The van der Waals surface area contributed by atoms with Gasteiger partial charge in [0.1, 0.15) is 0 Å². The van der Waals surface area contributed by atoms with Crippen molar-refractivity contribution >= 4 is 0 Å². The highest BCUT2D eigenvalue weighted by molar-refractivity contribution is 5.20. The molecular formula is C15H27N3O. The third-order valence-electron chi connectivity index (χ3n) is 4.02. The maximum absolute atomic E-state index is 10.1. The van der Waals surface area contributed by atoms with Gasteiger partial charge in [0.2, 0.25) is 0 Å². The summed E-state index contributed by atoms with van der Waals surface area (Å²) in [6.07, 6.45) is 7.54. The molecule has 1 aliphatic rings. The molecule has 108 valence electrons. The van der Waals surface area contributed by atoms with E-state index in [-0.39, 0.29) is 12.1 Å². The van der Waals surface area contributed by atoms with Crippen molar-refractivity contribution in [2.75, 3.05) is 0 Å². The normalized spacial score (nSPS) is 24.7. The minimum atomic E-state index is -0.193. The summed E-state index contributed by atoms with van der Waals surface area (Å²) in [5.41, 5.74) is 2.42.